The average molecular weight is 431 g/mol. The molecule has 0 saturated carbocycles. The van der Waals surface area contributed by atoms with E-state index < -0.39 is 0 Å². The molecule has 0 bridgehead atoms. The van der Waals surface area contributed by atoms with E-state index in [4.69, 9.17) is 14.2 Å². The van der Waals surface area contributed by atoms with Gasteiger partial charge in [-0.2, -0.15) is 0 Å². The van der Waals surface area contributed by atoms with Crippen LogP contribution in [0.5, 0.6) is 17.2 Å². The molecule has 31 heavy (non-hydrogen) atoms. The van der Waals surface area contributed by atoms with Crippen molar-refractivity contribution in [1.82, 2.24) is 10.2 Å². The quantitative estimate of drug-likeness (QED) is 0.538. The van der Waals surface area contributed by atoms with Gasteiger partial charge in [-0.1, -0.05) is 0 Å². The third kappa shape index (κ3) is 5.51. The zero-order valence-corrected chi connectivity index (χ0v) is 18.7. The molecule has 0 aromatic heterocycles. The second-order valence-corrected chi connectivity index (χ2v) is 7.11. The minimum atomic E-state index is -0.213. The lowest BCUT2D eigenvalue weighted by molar-refractivity contribution is 0.288. The summed E-state index contributed by atoms with van der Waals surface area (Å²) in [5, 5.41) is 3.43. The number of hydrogen-bond acceptors (Lipinski definition) is 5. The Bertz CT molecular complexity index is 856. The van der Waals surface area contributed by atoms with E-state index >= 15 is 0 Å². The number of aliphatic imine (C=N–C) groups is 1. The number of rotatable bonds is 7. The Balaban J connectivity index is 1.61. The van der Waals surface area contributed by atoms with E-state index in [1.165, 1.54) is 12.1 Å². The predicted octanol–water partition coefficient (Wildman–Crippen LogP) is 3.14. The lowest BCUT2D eigenvalue weighted by Gasteiger charge is -2.37. The summed E-state index contributed by atoms with van der Waals surface area (Å²) in [7, 11) is 5.02. The molecule has 1 aliphatic heterocycles. The fraction of sp³-hybridized carbons (Fsp3) is 0.435. The van der Waals surface area contributed by atoms with Gasteiger partial charge < -0.3 is 29.3 Å². The molecule has 1 aliphatic rings. The molecule has 0 spiro atoms. The second kappa shape index (κ2) is 10.7. The number of ether oxygens (including phenoxy) is 3. The zero-order valence-electron chi connectivity index (χ0n) is 18.7. The van der Waals surface area contributed by atoms with Crippen molar-refractivity contribution in [3.8, 4) is 17.2 Å². The third-order valence-electron chi connectivity index (χ3n) is 5.24. The highest BCUT2D eigenvalue weighted by Crippen LogP contribution is 2.38. The van der Waals surface area contributed by atoms with Crippen molar-refractivity contribution in [2.75, 3.05) is 59.0 Å². The molecule has 1 N–H and O–H groups in total. The van der Waals surface area contributed by atoms with Gasteiger partial charge in [0.15, 0.2) is 17.5 Å². The van der Waals surface area contributed by atoms with Gasteiger partial charge in [0.2, 0.25) is 5.75 Å². The van der Waals surface area contributed by atoms with Gasteiger partial charge >= 0.3 is 0 Å². The van der Waals surface area contributed by atoms with Gasteiger partial charge in [0.25, 0.3) is 0 Å². The van der Waals surface area contributed by atoms with Crippen LogP contribution in [-0.2, 0) is 6.54 Å². The maximum atomic E-state index is 13.2. The standard InChI is InChI=1S/C23H31FN4O3/c1-5-31-22-20(29-3)14-17(15-21(22)30-4)16-26-23(25-2)28-12-10-27(11-13-28)19-8-6-18(24)7-9-19/h6-9,14-15H,5,10-13,16H2,1-4H3,(H,25,26). The van der Waals surface area contributed by atoms with Gasteiger partial charge in [0.05, 0.1) is 20.8 Å². The molecule has 0 radical (unpaired) electrons. The van der Waals surface area contributed by atoms with Crippen molar-refractivity contribution in [3.63, 3.8) is 0 Å². The predicted molar refractivity (Wildman–Crippen MR) is 121 cm³/mol. The molecule has 7 nitrogen and oxygen atoms in total. The number of halogens is 1. The Morgan fingerprint density at radius 1 is 1.03 bits per heavy atom. The monoisotopic (exact) mass is 430 g/mol. The molecular weight excluding hydrogens is 399 g/mol. The highest BCUT2D eigenvalue weighted by atomic mass is 19.1. The fourth-order valence-corrected chi connectivity index (χ4v) is 3.66. The lowest BCUT2D eigenvalue weighted by Crippen LogP contribution is -2.52. The van der Waals surface area contributed by atoms with Gasteiger partial charge in [0, 0.05) is 45.5 Å². The SMILES string of the molecule is CCOc1c(OC)cc(CNC(=NC)N2CCN(c3ccc(F)cc3)CC2)cc1OC. The molecule has 1 fully saturated rings. The number of guanidine groups is 1. The maximum absolute atomic E-state index is 13.2. The summed E-state index contributed by atoms with van der Waals surface area (Å²) in [6, 6.07) is 10.5. The van der Waals surface area contributed by atoms with Crippen LogP contribution in [0.4, 0.5) is 10.1 Å². The Kier molecular flexibility index (Phi) is 7.81. The van der Waals surface area contributed by atoms with Crippen LogP contribution < -0.4 is 24.4 Å². The summed E-state index contributed by atoms with van der Waals surface area (Å²) in [4.78, 5) is 8.93. The minimum absolute atomic E-state index is 0.213. The summed E-state index contributed by atoms with van der Waals surface area (Å²) in [6.45, 7) is 6.37. The molecule has 1 saturated heterocycles. The van der Waals surface area contributed by atoms with E-state index in [-0.39, 0.29) is 5.82 Å². The largest absolute Gasteiger partial charge is 0.493 e. The van der Waals surface area contributed by atoms with E-state index in [1.807, 2.05) is 31.2 Å². The first kappa shape index (κ1) is 22.5. The first-order valence-corrected chi connectivity index (χ1v) is 10.4. The van der Waals surface area contributed by atoms with E-state index in [0.717, 1.165) is 43.4 Å². The Morgan fingerprint density at radius 2 is 1.65 bits per heavy atom. The van der Waals surface area contributed by atoms with Crippen molar-refractivity contribution in [2.45, 2.75) is 13.5 Å². The summed E-state index contributed by atoms with van der Waals surface area (Å²) in [5.41, 5.74) is 2.04. The fourth-order valence-electron chi connectivity index (χ4n) is 3.66. The number of methoxy groups -OCH3 is 2. The van der Waals surface area contributed by atoms with Crippen LogP contribution in [0.3, 0.4) is 0 Å². The van der Waals surface area contributed by atoms with Gasteiger partial charge in [-0.05, 0) is 48.9 Å². The number of piperazine rings is 1. The van der Waals surface area contributed by atoms with Crippen molar-refractivity contribution < 1.29 is 18.6 Å². The molecule has 2 aromatic rings. The van der Waals surface area contributed by atoms with Crippen molar-refractivity contribution in [3.05, 3.63) is 47.8 Å². The van der Waals surface area contributed by atoms with Crippen LogP contribution >= 0.6 is 0 Å². The molecule has 1 heterocycles. The highest BCUT2D eigenvalue weighted by Gasteiger charge is 2.20. The Labute approximate surface area is 183 Å². The van der Waals surface area contributed by atoms with E-state index in [2.05, 4.69) is 20.1 Å². The molecular formula is C23H31FN4O3. The molecule has 2 aromatic carbocycles. The molecule has 0 amide bonds. The number of benzene rings is 2. The van der Waals surface area contributed by atoms with Crippen LogP contribution in [0.1, 0.15) is 12.5 Å². The Hall–Kier alpha value is -3.16. The van der Waals surface area contributed by atoms with Gasteiger partial charge in [-0.3, -0.25) is 4.99 Å². The van der Waals surface area contributed by atoms with Gasteiger partial charge in [0.1, 0.15) is 5.82 Å². The van der Waals surface area contributed by atoms with Gasteiger partial charge in [-0.15, -0.1) is 0 Å². The highest BCUT2D eigenvalue weighted by molar-refractivity contribution is 5.80. The smallest absolute Gasteiger partial charge is 0.203 e. The van der Waals surface area contributed by atoms with E-state index in [1.54, 1.807) is 21.3 Å². The van der Waals surface area contributed by atoms with Crippen LogP contribution in [0.25, 0.3) is 0 Å². The van der Waals surface area contributed by atoms with Crippen molar-refractivity contribution in [2.24, 2.45) is 4.99 Å². The van der Waals surface area contributed by atoms with Crippen LogP contribution in [0, 0.1) is 5.82 Å². The molecule has 0 unspecified atom stereocenters. The van der Waals surface area contributed by atoms with Gasteiger partial charge in [-0.25, -0.2) is 4.39 Å². The minimum Gasteiger partial charge on any atom is -0.493 e. The number of anilines is 1. The molecule has 0 atom stereocenters. The summed E-state index contributed by atoms with van der Waals surface area (Å²) < 4.78 is 29.8. The maximum Gasteiger partial charge on any atom is 0.203 e. The molecule has 168 valence electrons. The number of nitrogens with one attached hydrogen (secondary N) is 1. The lowest BCUT2D eigenvalue weighted by atomic mass is 10.1. The third-order valence-corrected chi connectivity index (χ3v) is 5.24. The number of nitrogens with zero attached hydrogens (tertiary/aromatic N) is 3. The Morgan fingerprint density at radius 3 is 2.16 bits per heavy atom. The van der Waals surface area contributed by atoms with Crippen molar-refractivity contribution >= 4 is 11.6 Å². The normalized spacial score (nSPS) is 14.4. The number of hydrogen-bond donors (Lipinski definition) is 1. The molecule has 8 heteroatoms. The van der Waals surface area contributed by atoms with Crippen molar-refractivity contribution in [1.29, 1.82) is 0 Å². The topological polar surface area (TPSA) is 58.6 Å². The average Bonchev–Trinajstić information content (AvgIpc) is 2.81. The summed E-state index contributed by atoms with van der Waals surface area (Å²) in [5.74, 6) is 2.51. The molecule has 0 aliphatic carbocycles. The first-order valence-electron chi connectivity index (χ1n) is 10.4. The van der Waals surface area contributed by atoms with Crippen LogP contribution in [0.2, 0.25) is 0 Å². The van der Waals surface area contributed by atoms with E-state index in [9.17, 15) is 4.39 Å². The van der Waals surface area contributed by atoms with Crippen LogP contribution in [-0.4, -0.2) is 64.9 Å². The second-order valence-electron chi connectivity index (χ2n) is 7.11. The summed E-state index contributed by atoms with van der Waals surface area (Å²) in [6.07, 6.45) is 0. The molecule has 3 rings (SSSR count). The first-order chi connectivity index (χ1) is 15.1. The summed E-state index contributed by atoms with van der Waals surface area (Å²) >= 11 is 0. The zero-order chi connectivity index (χ0) is 22.2. The van der Waals surface area contributed by atoms with Crippen LogP contribution in [0.15, 0.2) is 41.4 Å². The van der Waals surface area contributed by atoms with E-state index in [0.29, 0.717) is 30.4 Å².